The number of methoxy groups -OCH3 is 1. The molecule has 5 rings (SSSR count). The summed E-state index contributed by atoms with van der Waals surface area (Å²) in [7, 11) is 3.71. The number of para-hydroxylation sites is 1. The average molecular weight is 486 g/mol. The first-order valence-corrected chi connectivity index (χ1v) is 12.2. The van der Waals surface area contributed by atoms with Crippen molar-refractivity contribution in [2.24, 2.45) is 0 Å². The number of rotatable bonds is 8. The number of nitrogens with zero attached hydrogens (tertiary/aromatic N) is 5. The molecule has 1 aliphatic heterocycles. The van der Waals surface area contributed by atoms with Gasteiger partial charge in [0.1, 0.15) is 23.6 Å². The molecule has 36 heavy (non-hydrogen) atoms. The van der Waals surface area contributed by atoms with Gasteiger partial charge in [0.25, 0.3) is 0 Å². The molecule has 3 N–H and O–H groups in total. The van der Waals surface area contributed by atoms with Crippen molar-refractivity contribution in [3.63, 3.8) is 0 Å². The summed E-state index contributed by atoms with van der Waals surface area (Å²) in [6.45, 7) is 2.81. The third-order valence-corrected chi connectivity index (χ3v) is 6.71. The number of fused-ring (bicyclic) bond motifs is 1. The van der Waals surface area contributed by atoms with Gasteiger partial charge in [-0.25, -0.2) is 14.6 Å². The molecule has 1 fully saturated rings. The number of ketones is 1. The van der Waals surface area contributed by atoms with Crippen molar-refractivity contribution < 1.29 is 9.53 Å². The van der Waals surface area contributed by atoms with Crippen molar-refractivity contribution in [2.45, 2.75) is 25.4 Å². The highest BCUT2D eigenvalue weighted by atomic mass is 16.5. The van der Waals surface area contributed by atoms with Gasteiger partial charge in [0.05, 0.1) is 30.6 Å². The van der Waals surface area contributed by atoms with Gasteiger partial charge in [0.15, 0.2) is 11.4 Å². The lowest BCUT2D eigenvalue weighted by molar-refractivity contribution is 0.0988. The molecule has 2 aromatic carbocycles. The summed E-state index contributed by atoms with van der Waals surface area (Å²) in [6, 6.07) is 15.6. The second-order valence-corrected chi connectivity index (χ2v) is 9.23. The fraction of sp³-hybridized carbons (Fsp3) is 0.333. The third-order valence-electron chi connectivity index (χ3n) is 6.71. The Hall–Kier alpha value is -3.82. The molecular formula is C27H31N7O2. The fourth-order valence-corrected chi connectivity index (χ4v) is 4.86. The van der Waals surface area contributed by atoms with Gasteiger partial charge in [-0.15, -0.1) is 0 Å². The molecule has 9 heteroatoms. The SMILES string of the molecule is COc1ccccc1C(=O)CNCc1ccc(-c2nn(C3CCCN(C)C3)c3ncnc(N)c23)cc1. The van der Waals surface area contributed by atoms with Crippen LogP contribution in [0.3, 0.4) is 0 Å². The van der Waals surface area contributed by atoms with Crippen molar-refractivity contribution in [1.82, 2.24) is 30.0 Å². The van der Waals surface area contributed by atoms with Crippen LogP contribution in [0.5, 0.6) is 5.75 Å². The molecule has 0 aliphatic carbocycles. The Labute approximate surface area is 210 Å². The maximum absolute atomic E-state index is 12.6. The van der Waals surface area contributed by atoms with E-state index in [0.717, 1.165) is 53.8 Å². The number of nitrogens with one attached hydrogen (secondary N) is 1. The first-order valence-electron chi connectivity index (χ1n) is 12.2. The van der Waals surface area contributed by atoms with Crippen LogP contribution in [0, 0.1) is 0 Å². The molecule has 1 atom stereocenters. The fourth-order valence-electron chi connectivity index (χ4n) is 4.86. The van der Waals surface area contributed by atoms with E-state index in [0.29, 0.717) is 23.7 Å². The van der Waals surface area contributed by atoms with Gasteiger partial charge < -0.3 is 20.7 Å². The summed E-state index contributed by atoms with van der Waals surface area (Å²) in [5.41, 5.74) is 10.5. The molecule has 186 valence electrons. The van der Waals surface area contributed by atoms with E-state index in [4.69, 9.17) is 15.6 Å². The Balaban J connectivity index is 1.32. The maximum atomic E-state index is 12.6. The van der Waals surface area contributed by atoms with E-state index in [9.17, 15) is 4.79 Å². The molecule has 4 aromatic rings. The number of Topliss-reactive ketones (excluding diaryl/α,β-unsaturated/α-hetero) is 1. The maximum Gasteiger partial charge on any atom is 0.180 e. The minimum Gasteiger partial charge on any atom is -0.496 e. The van der Waals surface area contributed by atoms with Gasteiger partial charge in [0.2, 0.25) is 0 Å². The van der Waals surface area contributed by atoms with Crippen LogP contribution in [-0.2, 0) is 6.54 Å². The van der Waals surface area contributed by atoms with Crippen LogP contribution in [0.1, 0.15) is 34.8 Å². The number of nitrogens with two attached hydrogens (primary N) is 1. The number of hydrogen-bond donors (Lipinski definition) is 2. The average Bonchev–Trinajstić information content (AvgIpc) is 3.30. The molecule has 2 aromatic heterocycles. The number of benzene rings is 2. The summed E-state index contributed by atoms with van der Waals surface area (Å²) in [6.07, 6.45) is 3.69. The number of piperidine rings is 1. The van der Waals surface area contributed by atoms with Crippen molar-refractivity contribution in [3.05, 3.63) is 66.0 Å². The summed E-state index contributed by atoms with van der Waals surface area (Å²) >= 11 is 0. The van der Waals surface area contributed by atoms with Gasteiger partial charge in [-0.3, -0.25) is 4.79 Å². The lowest BCUT2D eigenvalue weighted by Gasteiger charge is -2.29. The van der Waals surface area contributed by atoms with Crippen molar-refractivity contribution in [3.8, 4) is 17.0 Å². The summed E-state index contributed by atoms with van der Waals surface area (Å²) in [5, 5.41) is 9.00. The smallest absolute Gasteiger partial charge is 0.180 e. The molecule has 1 aliphatic rings. The van der Waals surface area contributed by atoms with E-state index < -0.39 is 0 Å². The van der Waals surface area contributed by atoms with Crippen molar-refractivity contribution in [1.29, 1.82) is 0 Å². The van der Waals surface area contributed by atoms with Crippen molar-refractivity contribution in [2.75, 3.05) is 39.5 Å². The number of hydrogen-bond acceptors (Lipinski definition) is 8. The van der Waals surface area contributed by atoms with Crippen LogP contribution in [0.15, 0.2) is 54.9 Å². The summed E-state index contributed by atoms with van der Waals surface area (Å²) < 4.78 is 7.32. The lowest BCUT2D eigenvalue weighted by Crippen LogP contribution is -2.34. The second-order valence-electron chi connectivity index (χ2n) is 9.23. The first-order chi connectivity index (χ1) is 17.5. The van der Waals surface area contributed by atoms with Gasteiger partial charge >= 0.3 is 0 Å². The van der Waals surface area contributed by atoms with E-state index in [1.165, 1.54) is 6.33 Å². The first kappa shape index (κ1) is 23.9. The highest BCUT2D eigenvalue weighted by molar-refractivity contribution is 6.00. The molecule has 1 saturated heterocycles. The Morgan fingerprint density at radius 1 is 1.17 bits per heavy atom. The Morgan fingerprint density at radius 2 is 1.97 bits per heavy atom. The Kier molecular flexibility index (Phi) is 6.92. The monoisotopic (exact) mass is 485 g/mol. The minimum atomic E-state index is -0.00934. The number of ether oxygens (including phenoxy) is 1. The standard InChI is InChI=1S/C27H31N7O2/c1-33-13-5-6-20(16-33)34-27-24(26(28)30-17-31-27)25(32-34)19-11-9-18(10-12-19)14-29-15-22(35)21-7-3-4-8-23(21)36-2/h3-4,7-12,17,20,29H,5-6,13-16H2,1-2H3,(H2,28,30,31). The second kappa shape index (κ2) is 10.4. The van der Waals surface area contributed by atoms with Gasteiger partial charge in [-0.2, -0.15) is 5.10 Å². The number of likely N-dealkylation sites (N-methyl/N-ethyl adjacent to an activating group) is 1. The van der Waals surface area contributed by atoms with Crippen molar-refractivity contribution >= 4 is 22.6 Å². The zero-order valence-electron chi connectivity index (χ0n) is 20.6. The molecule has 0 spiro atoms. The van der Waals surface area contributed by atoms with Crippen LogP contribution in [-0.4, -0.2) is 64.2 Å². The van der Waals surface area contributed by atoms with E-state index in [1.807, 2.05) is 41.1 Å². The molecule has 1 unspecified atom stereocenters. The zero-order chi connectivity index (χ0) is 25.1. The van der Waals surface area contributed by atoms with Gasteiger partial charge in [-0.1, -0.05) is 36.4 Å². The molecule has 0 radical (unpaired) electrons. The van der Waals surface area contributed by atoms with Crippen LogP contribution >= 0.6 is 0 Å². The lowest BCUT2D eigenvalue weighted by atomic mass is 10.1. The van der Waals surface area contributed by atoms with E-state index >= 15 is 0 Å². The molecule has 9 nitrogen and oxygen atoms in total. The van der Waals surface area contributed by atoms with E-state index in [-0.39, 0.29) is 18.4 Å². The van der Waals surface area contributed by atoms with Gasteiger partial charge in [-0.05, 0) is 44.1 Å². The van der Waals surface area contributed by atoms with Crippen LogP contribution < -0.4 is 15.8 Å². The topological polar surface area (TPSA) is 111 Å². The number of carbonyl (C=O) groups is 1. The van der Waals surface area contributed by atoms with Crippen LogP contribution in [0.25, 0.3) is 22.3 Å². The highest BCUT2D eigenvalue weighted by Crippen LogP contribution is 2.33. The highest BCUT2D eigenvalue weighted by Gasteiger charge is 2.25. The Morgan fingerprint density at radius 3 is 2.75 bits per heavy atom. The molecule has 3 heterocycles. The molecular weight excluding hydrogens is 454 g/mol. The summed E-state index contributed by atoms with van der Waals surface area (Å²) in [4.78, 5) is 23.7. The number of carbonyl (C=O) groups excluding carboxylic acids is 1. The summed E-state index contributed by atoms with van der Waals surface area (Å²) in [5.74, 6) is 1.01. The largest absolute Gasteiger partial charge is 0.496 e. The van der Waals surface area contributed by atoms with Crippen LogP contribution in [0.2, 0.25) is 0 Å². The Bertz CT molecular complexity index is 1370. The van der Waals surface area contributed by atoms with Gasteiger partial charge in [0, 0.05) is 18.7 Å². The quantitative estimate of drug-likeness (QED) is 0.366. The predicted octanol–water partition coefficient (Wildman–Crippen LogP) is 3.32. The van der Waals surface area contributed by atoms with E-state index in [2.05, 4.69) is 27.2 Å². The van der Waals surface area contributed by atoms with E-state index in [1.54, 1.807) is 19.2 Å². The number of nitrogen functional groups attached to an aromatic ring is 1. The molecule has 0 bridgehead atoms. The predicted molar refractivity (Wildman–Crippen MR) is 140 cm³/mol. The minimum absolute atomic E-state index is 0.00934. The number of aromatic nitrogens is 4. The third kappa shape index (κ3) is 4.80. The molecule has 0 amide bonds. The van der Waals surface area contributed by atoms with Crippen LogP contribution in [0.4, 0.5) is 5.82 Å². The molecule has 0 saturated carbocycles. The number of anilines is 1. The number of likely N-dealkylation sites (tertiary alicyclic amines) is 1. The normalized spacial score (nSPS) is 16.3. The zero-order valence-corrected chi connectivity index (χ0v) is 20.6.